The van der Waals surface area contributed by atoms with Gasteiger partial charge >= 0.3 is 6.18 Å². The number of halogens is 3. The van der Waals surface area contributed by atoms with Gasteiger partial charge in [-0.25, -0.2) is 0 Å². The van der Waals surface area contributed by atoms with Crippen molar-refractivity contribution >= 4 is 0 Å². The lowest BCUT2D eigenvalue weighted by Crippen LogP contribution is -2.46. The summed E-state index contributed by atoms with van der Waals surface area (Å²) in [5, 5.41) is 3.38. The molecular formula is C15H29F3N2. The van der Waals surface area contributed by atoms with E-state index in [9.17, 15) is 13.2 Å². The zero-order valence-corrected chi connectivity index (χ0v) is 13.0. The molecule has 1 fully saturated rings. The summed E-state index contributed by atoms with van der Waals surface area (Å²) in [6, 6.07) is 0.152. The molecule has 20 heavy (non-hydrogen) atoms. The van der Waals surface area contributed by atoms with Crippen LogP contribution in [0.5, 0.6) is 0 Å². The summed E-state index contributed by atoms with van der Waals surface area (Å²) in [6.07, 6.45) is 0.768. The molecule has 2 nitrogen and oxygen atoms in total. The fraction of sp³-hybridized carbons (Fsp3) is 1.00. The molecule has 120 valence electrons. The monoisotopic (exact) mass is 294 g/mol. The number of nitrogens with zero attached hydrogens (tertiary/aromatic N) is 1. The largest absolute Gasteiger partial charge is 0.401 e. The van der Waals surface area contributed by atoms with Crippen LogP contribution in [0.2, 0.25) is 0 Å². The summed E-state index contributed by atoms with van der Waals surface area (Å²) < 4.78 is 38.1. The Morgan fingerprint density at radius 1 is 1.10 bits per heavy atom. The van der Waals surface area contributed by atoms with Gasteiger partial charge in [0.05, 0.1) is 6.54 Å². The molecule has 0 aliphatic heterocycles. The zero-order chi connectivity index (χ0) is 15.2. The first-order valence-electron chi connectivity index (χ1n) is 7.81. The van der Waals surface area contributed by atoms with E-state index in [2.05, 4.69) is 26.1 Å². The maximum Gasteiger partial charge on any atom is 0.401 e. The predicted molar refractivity (Wildman–Crippen MR) is 76.8 cm³/mol. The van der Waals surface area contributed by atoms with Crippen molar-refractivity contribution in [3.05, 3.63) is 0 Å². The van der Waals surface area contributed by atoms with E-state index in [1.165, 1.54) is 0 Å². The Kier molecular flexibility index (Phi) is 6.79. The van der Waals surface area contributed by atoms with Crippen molar-refractivity contribution in [1.29, 1.82) is 0 Å². The molecular weight excluding hydrogens is 265 g/mol. The van der Waals surface area contributed by atoms with Crippen LogP contribution in [-0.4, -0.2) is 43.3 Å². The molecule has 5 heteroatoms. The molecule has 0 aromatic rings. The van der Waals surface area contributed by atoms with E-state index in [4.69, 9.17) is 0 Å². The summed E-state index contributed by atoms with van der Waals surface area (Å²) in [5.41, 5.74) is -0.0717. The highest BCUT2D eigenvalue weighted by atomic mass is 19.4. The number of alkyl halides is 3. The molecule has 0 amide bonds. The molecule has 0 saturated heterocycles. The minimum absolute atomic E-state index is 0.0717. The van der Waals surface area contributed by atoms with Crippen molar-refractivity contribution in [3.8, 4) is 0 Å². The average molecular weight is 294 g/mol. The third kappa shape index (κ3) is 6.93. The van der Waals surface area contributed by atoms with Crippen LogP contribution >= 0.6 is 0 Å². The van der Waals surface area contributed by atoms with Gasteiger partial charge in [0, 0.05) is 19.1 Å². The van der Waals surface area contributed by atoms with Crippen LogP contribution in [0.25, 0.3) is 0 Å². The molecule has 1 unspecified atom stereocenters. The van der Waals surface area contributed by atoms with Crippen LogP contribution in [0.15, 0.2) is 0 Å². The van der Waals surface area contributed by atoms with Gasteiger partial charge in [-0.2, -0.15) is 13.2 Å². The first-order chi connectivity index (χ1) is 9.29. The fourth-order valence-corrected chi connectivity index (χ4v) is 2.87. The molecule has 1 aliphatic carbocycles. The summed E-state index contributed by atoms with van der Waals surface area (Å²) in [7, 11) is 0. The highest BCUT2D eigenvalue weighted by Gasteiger charge is 2.40. The molecule has 1 aliphatic rings. The molecule has 1 atom stereocenters. The predicted octanol–water partition coefficient (Wildman–Crippen LogP) is 3.82. The van der Waals surface area contributed by atoms with E-state index in [0.29, 0.717) is 6.54 Å². The van der Waals surface area contributed by atoms with Crippen molar-refractivity contribution in [2.24, 2.45) is 5.41 Å². The summed E-state index contributed by atoms with van der Waals surface area (Å²) >= 11 is 0. The van der Waals surface area contributed by atoms with Crippen LogP contribution in [-0.2, 0) is 0 Å². The second-order valence-electron chi connectivity index (χ2n) is 6.49. The standard InChI is InChI=1S/C15H29F3N2/c1-4-8-14(3,10-19-9-5-2)11-20(13-6-7-13)12-15(16,17)18/h13,19H,4-12H2,1-3H3. The van der Waals surface area contributed by atoms with Crippen molar-refractivity contribution in [2.75, 3.05) is 26.2 Å². The molecule has 0 bridgehead atoms. The second kappa shape index (κ2) is 7.64. The molecule has 1 N–H and O–H groups in total. The third-order valence-electron chi connectivity index (χ3n) is 3.86. The van der Waals surface area contributed by atoms with E-state index in [0.717, 1.165) is 45.2 Å². The number of hydrogen-bond acceptors (Lipinski definition) is 2. The fourth-order valence-electron chi connectivity index (χ4n) is 2.87. The summed E-state index contributed by atoms with van der Waals surface area (Å²) in [5.74, 6) is 0. The van der Waals surface area contributed by atoms with Gasteiger partial charge in [-0.1, -0.05) is 27.2 Å². The number of hydrogen-bond donors (Lipinski definition) is 1. The third-order valence-corrected chi connectivity index (χ3v) is 3.86. The molecule has 0 aromatic carbocycles. The van der Waals surface area contributed by atoms with Gasteiger partial charge in [0.2, 0.25) is 0 Å². The Bertz CT molecular complexity index is 277. The van der Waals surface area contributed by atoms with Crippen LogP contribution < -0.4 is 5.32 Å². The van der Waals surface area contributed by atoms with E-state index < -0.39 is 12.7 Å². The lowest BCUT2D eigenvalue weighted by Gasteiger charge is -2.36. The smallest absolute Gasteiger partial charge is 0.316 e. The lowest BCUT2D eigenvalue weighted by molar-refractivity contribution is -0.150. The van der Waals surface area contributed by atoms with Gasteiger partial charge in [-0.3, -0.25) is 4.90 Å². The van der Waals surface area contributed by atoms with E-state index in [1.54, 1.807) is 4.90 Å². The molecule has 0 radical (unpaired) electrons. The minimum Gasteiger partial charge on any atom is -0.316 e. The first kappa shape index (κ1) is 17.8. The molecule has 1 saturated carbocycles. The Hall–Kier alpha value is -0.290. The maximum absolute atomic E-state index is 12.7. The van der Waals surface area contributed by atoms with Gasteiger partial charge in [0.1, 0.15) is 0 Å². The lowest BCUT2D eigenvalue weighted by atomic mass is 9.84. The van der Waals surface area contributed by atoms with E-state index >= 15 is 0 Å². The SMILES string of the molecule is CCCNCC(C)(CCC)CN(CC(F)(F)F)C1CC1. The topological polar surface area (TPSA) is 15.3 Å². The van der Waals surface area contributed by atoms with Crippen molar-refractivity contribution in [3.63, 3.8) is 0 Å². The highest BCUT2D eigenvalue weighted by molar-refractivity contribution is 4.90. The number of rotatable bonds is 10. The quantitative estimate of drug-likeness (QED) is 0.616. The van der Waals surface area contributed by atoms with Crippen molar-refractivity contribution < 1.29 is 13.2 Å². The van der Waals surface area contributed by atoms with Crippen LogP contribution in [0.4, 0.5) is 13.2 Å². The normalized spacial score (nSPS) is 19.4. The summed E-state index contributed by atoms with van der Waals surface area (Å²) in [6.45, 7) is 7.84. The van der Waals surface area contributed by atoms with Crippen LogP contribution in [0, 0.1) is 5.41 Å². The van der Waals surface area contributed by atoms with Gasteiger partial charge in [0.15, 0.2) is 0 Å². The Morgan fingerprint density at radius 2 is 1.75 bits per heavy atom. The van der Waals surface area contributed by atoms with Gasteiger partial charge < -0.3 is 5.32 Å². The summed E-state index contributed by atoms with van der Waals surface area (Å²) in [4.78, 5) is 1.66. The van der Waals surface area contributed by atoms with Gasteiger partial charge in [-0.15, -0.1) is 0 Å². The van der Waals surface area contributed by atoms with Gasteiger partial charge in [0.25, 0.3) is 0 Å². The first-order valence-corrected chi connectivity index (χ1v) is 7.81. The Labute approximate surface area is 121 Å². The molecule has 0 aromatic heterocycles. The molecule has 0 heterocycles. The van der Waals surface area contributed by atoms with Gasteiger partial charge in [-0.05, 0) is 37.6 Å². The zero-order valence-electron chi connectivity index (χ0n) is 13.0. The minimum atomic E-state index is -4.09. The average Bonchev–Trinajstić information content (AvgIpc) is 3.10. The van der Waals surface area contributed by atoms with E-state index in [-0.39, 0.29) is 11.5 Å². The van der Waals surface area contributed by atoms with Crippen LogP contribution in [0.3, 0.4) is 0 Å². The maximum atomic E-state index is 12.7. The van der Waals surface area contributed by atoms with Crippen molar-refractivity contribution in [1.82, 2.24) is 10.2 Å². The second-order valence-corrected chi connectivity index (χ2v) is 6.49. The van der Waals surface area contributed by atoms with Crippen molar-refractivity contribution in [2.45, 2.75) is 65.1 Å². The molecule has 1 rings (SSSR count). The Balaban J connectivity index is 2.59. The highest BCUT2D eigenvalue weighted by Crippen LogP contribution is 2.34. The van der Waals surface area contributed by atoms with E-state index in [1.807, 2.05) is 0 Å². The Morgan fingerprint density at radius 3 is 2.20 bits per heavy atom. The number of nitrogens with one attached hydrogen (secondary N) is 1. The van der Waals surface area contributed by atoms with Crippen LogP contribution in [0.1, 0.15) is 52.9 Å². The molecule has 0 spiro atoms.